The standard InChI is InChI=1S/C20H17F4N3O4/c1-10-7-12(19(20(22,23)24)5-6-25-31-19)8-11(2)16(10)27-17(28)14-9-13(26-18(29)30)3-4-15(14)21/h3-4,6-9,26H,5H2,1-2H3,(H,27,28)(H,29,30). The van der Waals surface area contributed by atoms with E-state index in [4.69, 9.17) is 9.94 Å². The van der Waals surface area contributed by atoms with E-state index in [1.54, 1.807) is 0 Å². The molecule has 1 unspecified atom stereocenters. The molecular weight excluding hydrogens is 422 g/mol. The fourth-order valence-electron chi connectivity index (χ4n) is 3.31. The van der Waals surface area contributed by atoms with E-state index >= 15 is 0 Å². The summed E-state index contributed by atoms with van der Waals surface area (Å²) in [4.78, 5) is 28.0. The molecule has 3 rings (SSSR count). The normalized spacial score (nSPS) is 17.9. The molecule has 2 aromatic rings. The van der Waals surface area contributed by atoms with Gasteiger partial charge in [-0.05, 0) is 55.3 Å². The Morgan fingerprint density at radius 3 is 2.29 bits per heavy atom. The Morgan fingerprint density at radius 2 is 1.77 bits per heavy atom. The average molecular weight is 439 g/mol. The molecule has 0 bridgehead atoms. The SMILES string of the molecule is Cc1cc(C2(C(F)(F)F)CC=NO2)cc(C)c1NC(=O)c1cc(NC(=O)O)ccc1F. The van der Waals surface area contributed by atoms with Gasteiger partial charge in [-0.3, -0.25) is 10.1 Å². The van der Waals surface area contributed by atoms with Gasteiger partial charge in [-0.15, -0.1) is 0 Å². The number of amides is 2. The van der Waals surface area contributed by atoms with Crippen molar-refractivity contribution in [2.75, 3.05) is 10.6 Å². The molecule has 1 atom stereocenters. The highest BCUT2D eigenvalue weighted by molar-refractivity contribution is 6.06. The monoisotopic (exact) mass is 439 g/mol. The number of anilines is 2. The third-order valence-electron chi connectivity index (χ3n) is 4.82. The van der Waals surface area contributed by atoms with E-state index < -0.39 is 41.6 Å². The fourth-order valence-corrected chi connectivity index (χ4v) is 3.31. The van der Waals surface area contributed by atoms with Crippen molar-refractivity contribution in [2.24, 2.45) is 5.16 Å². The van der Waals surface area contributed by atoms with Crippen LogP contribution in [0.2, 0.25) is 0 Å². The zero-order valence-electron chi connectivity index (χ0n) is 16.3. The zero-order chi connectivity index (χ0) is 23.0. The minimum absolute atomic E-state index is 0.0201. The second kappa shape index (κ2) is 7.89. The van der Waals surface area contributed by atoms with Crippen LogP contribution in [0.4, 0.5) is 33.7 Å². The quantitative estimate of drug-likeness (QED) is 0.587. The van der Waals surface area contributed by atoms with Crippen LogP contribution in [0.5, 0.6) is 0 Å². The van der Waals surface area contributed by atoms with Gasteiger partial charge in [-0.25, -0.2) is 9.18 Å². The summed E-state index contributed by atoms with van der Waals surface area (Å²) < 4.78 is 55.2. The first-order chi connectivity index (χ1) is 14.4. The van der Waals surface area contributed by atoms with Crippen molar-refractivity contribution in [3.63, 3.8) is 0 Å². The molecule has 1 heterocycles. The first-order valence-electron chi connectivity index (χ1n) is 8.94. The van der Waals surface area contributed by atoms with Gasteiger partial charge in [0, 0.05) is 29.6 Å². The number of alkyl halides is 3. The topological polar surface area (TPSA) is 100 Å². The Bertz CT molecular complexity index is 1050. The molecule has 1 aliphatic rings. The molecule has 3 N–H and O–H groups in total. The third-order valence-corrected chi connectivity index (χ3v) is 4.82. The van der Waals surface area contributed by atoms with E-state index in [0.717, 1.165) is 24.4 Å². The Hall–Kier alpha value is -3.63. The molecule has 7 nitrogen and oxygen atoms in total. The second-order valence-corrected chi connectivity index (χ2v) is 6.97. The molecule has 2 aromatic carbocycles. The summed E-state index contributed by atoms with van der Waals surface area (Å²) in [5.41, 5.74) is -2.47. The number of nitrogens with one attached hydrogen (secondary N) is 2. The maximum atomic E-state index is 14.1. The predicted octanol–water partition coefficient (Wildman–Crippen LogP) is 4.95. The minimum Gasteiger partial charge on any atom is -0.465 e. The Balaban J connectivity index is 1.93. The van der Waals surface area contributed by atoms with Crippen molar-refractivity contribution >= 4 is 29.6 Å². The highest BCUT2D eigenvalue weighted by atomic mass is 19.4. The van der Waals surface area contributed by atoms with Crippen molar-refractivity contribution in [2.45, 2.75) is 32.0 Å². The number of hydrogen-bond donors (Lipinski definition) is 3. The first-order valence-corrected chi connectivity index (χ1v) is 8.94. The van der Waals surface area contributed by atoms with Gasteiger partial charge in [0.15, 0.2) is 0 Å². The van der Waals surface area contributed by atoms with Crippen LogP contribution < -0.4 is 10.6 Å². The number of benzene rings is 2. The van der Waals surface area contributed by atoms with Crippen LogP contribution in [-0.2, 0) is 10.4 Å². The van der Waals surface area contributed by atoms with Crippen LogP contribution in [-0.4, -0.2) is 29.5 Å². The summed E-state index contributed by atoms with van der Waals surface area (Å²) in [6.07, 6.45) is -5.57. The molecule has 11 heteroatoms. The molecular formula is C20H17F4N3O4. The van der Waals surface area contributed by atoms with E-state index in [1.165, 1.54) is 26.0 Å². The highest BCUT2D eigenvalue weighted by Crippen LogP contribution is 2.47. The summed E-state index contributed by atoms with van der Waals surface area (Å²) in [5.74, 6) is -1.79. The van der Waals surface area contributed by atoms with Crippen LogP contribution in [0, 0.1) is 19.7 Å². The van der Waals surface area contributed by atoms with Gasteiger partial charge in [0.2, 0.25) is 0 Å². The Labute approximate surface area is 173 Å². The van der Waals surface area contributed by atoms with Crippen molar-refractivity contribution in [1.29, 1.82) is 0 Å². The summed E-state index contributed by atoms with van der Waals surface area (Å²) >= 11 is 0. The molecule has 0 saturated carbocycles. The van der Waals surface area contributed by atoms with Crippen molar-refractivity contribution in [1.82, 2.24) is 0 Å². The summed E-state index contributed by atoms with van der Waals surface area (Å²) in [7, 11) is 0. The summed E-state index contributed by atoms with van der Waals surface area (Å²) in [6.45, 7) is 2.98. The lowest BCUT2D eigenvalue weighted by Gasteiger charge is -2.30. The van der Waals surface area contributed by atoms with E-state index in [0.29, 0.717) is 11.1 Å². The molecule has 0 radical (unpaired) electrons. The number of rotatable bonds is 4. The molecule has 0 fully saturated rings. The van der Waals surface area contributed by atoms with Gasteiger partial charge in [0.1, 0.15) is 5.82 Å². The van der Waals surface area contributed by atoms with Gasteiger partial charge in [-0.2, -0.15) is 13.2 Å². The molecule has 31 heavy (non-hydrogen) atoms. The summed E-state index contributed by atoms with van der Waals surface area (Å²) in [5, 5.41) is 16.5. The maximum absolute atomic E-state index is 14.1. The number of nitrogens with zero attached hydrogens (tertiary/aromatic N) is 1. The van der Waals surface area contributed by atoms with E-state index in [9.17, 15) is 27.2 Å². The number of hydrogen-bond acceptors (Lipinski definition) is 4. The van der Waals surface area contributed by atoms with Crippen LogP contribution in [0.15, 0.2) is 35.5 Å². The van der Waals surface area contributed by atoms with E-state index in [-0.39, 0.29) is 16.9 Å². The second-order valence-electron chi connectivity index (χ2n) is 6.97. The molecule has 0 aromatic heterocycles. The number of halogens is 4. The summed E-state index contributed by atoms with van der Waals surface area (Å²) in [6, 6.07) is 5.53. The predicted molar refractivity (Wildman–Crippen MR) is 104 cm³/mol. The maximum Gasteiger partial charge on any atom is 0.435 e. The largest absolute Gasteiger partial charge is 0.465 e. The number of carbonyl (C=O) groups excluding carboxylic acids is 1. The van der Waals surface area contributed by atoms with Crippen molar-refractivity contribution in [3.8, 4) is 0 Å². The van der Waals surface area contributed by atoms with Gasteiger partial charge in [0.05, 0.1) is 5.56 Å². The Kier molecular flexibility index (Phi) is 5.62. The van der Waals surface area contributed by atoms with Crippen molar-refractivity contribution < 1.29 is 37.1 Å². The van der Waals surface area contributed by atoms with Crippen molar-refractivity contribution in [3.05, 3.63) is 58.4 Å². The van der Waals surface area contributed by atoms with Crippen LogP contribution in [0.1, 0.15) is 33.5 Å². The molecule has 164 valence electrons. The number of carboxylic acid groups (broad SMARTS) is 1. The number of aryl methyl sites for hydroxylation is 2. The lowest BCUT2D eigenvalue weighted by Crippen LogP contribution is -2.42. The van der Waals surface area contributed by atoms with Crippen LogP contribution in [0.25, 0.3) is 0 Å². The first kappa shape index (κ1) is 22.1. The molecule has 1 aliphatic heterocycles. The average Bonchev–Trinajstić information content (AvgIpc) is 3.17. The van der Waals surface area contributed by atoms with Crippen LogP contribution >= 0.6 is 0 Å². The van der Waals surface area contributed by atoms with Crippen LogP contribution in [0.3, 0.4) is 0 Å². The minimum atomic E-state index is -4.73. The van der Waals surface area contributed by atoms with Gasteiger partial charge in [0.25, 0.3) is 11.5 Å². The number of carbonyl (C=O) groups is 2. The molecule has 2 amide bonds. The third kappa shape index (κ3) is 4.16. The fraction of sp³-hybridized carbons (Fsp3) is 0.250. The van der Waals surface area contributed by atoms with Gasteiger partial charge in [-0.1, -0.05) is 5.16 Å². The lowest BCUT2D eigenvalue weighted by atomic mass is 9.87. The van der Waals surface area contributed by atoms with Gasteiger partial charge >= 0.3 is 12.3 Å². The molecule has 0 aliphatic carbocycles. The molecule has 0 saturated heterocycles. The van der Waals surface area contributed by atoms with E-state index in [1.807, 2.05) is 5.32 Å². The highest BCUT2D eigenvalue weighted by Gasteiger charge is 2.60. The molecule has 0 spiro atoms. The number of oxime groups is 1. The zero-order valence-corrected chi connectivity index (χ0v) is 16.3. The Morgan fingerprint density at radius 1 is 1.13 bits per heavy atom. The van der Waals surface area contributed by atoms with Gasteiger partial charge < -0.3 is 15.3 Å². The smallest absolute Gasteiger partial charge is 0.435 e. The van der Waals surface area contributed by atoms with E-state index in [2.05, 4.69) is 10.5 Å². The lowest BCUT2D eigenvalue weighted by molar-refractivity contribution is -0.275.